The molecule has 10 nitrogen and oxygen atoms in total. The Hall–Kier alpha value is -4.86. The first-order valence-electron chi connectivity index (χ1n) is 14.7. The third kappa shape index (κ3) is 6.95. The number of pyridine rings is 1. The fourth-order valence-electron chi connectivity index (χ4n) is 5.47. The number of carbonyl (C=O) groups is 1. The van der Waals surface area contributed by atoms with Gasteiger partial charge >= 0.3 is 5.97 Å². The van der Waals surface area contributed by atoms with E-state index < -0.39 is 11.8 Å². The normalized spacial score (nSPS) is 14.4. The molecular formula is C33H32FN7O3S. The SMILES string of the molecule is CCn1cncc1Cn1c(CN2CCC(Oc3cccc(C=[SH]c4ccc(C#N)cc4F)n3)CC2)nc2ccc(C(=O)O)cc21. The molecule has 0 spiro atoms. The smallest absolute Gasteiger partial charge is 0.335 e. The summed E-state index contributed by atoms with van der Waals surface area (Å²) in [4.78, 5) is 28.3. The molecule has 4 heterocycles. The van der Waals surface area contributed by atoms with Crippen molar-refractivity contribution in [2.24, 2.45) is 0 Å². The molecule has 1 aliphatic rings. The number of halogens is 1. The summed E-state index contributed by atoms with van der Waals surface area (Å²) in [5, 5.41) is 20.4. The lowest BCUT2D eigenvalue weighted by atomic mass is 10.1. The molecule has 1 aliphatic heterocycles. The Morgan fingerprint density at radius 1 is 1.16 bits per heavy atom. The largest absolute Gasteiger partial charge is 0.478 e. The van der Waals surface area contributed by atoms with Crippen LogP contribution in [0.25, 0.3) is 11.0 Å². The van der Waals surface area contributed by atoms with E-state index in [-0.39, 0.29) is 11.7 Å². The molecule has 45 heavy (non-hydrogen) atoms. The molecule has 1 N–H and O–H groups in total. The van der Waals surface area contributed by atoms with Gasteiger partial charge in [-0.2, -0.15) is 16.6 Å². The zero-order valence-electron chi connectivity index (χ0n) is 24.7. The maximum atomic E-state index is 14.3. The molecule has 12 heteroatoms. The molecular weight excluding hydrogens is 593 g/mol. The first-order valence-corrected chi connectivity index (χ1v) is 15.7. The van der Waals surface area contributed by atoms with Crippen molar-refractivity contribution < 1.29 is 19.0 Å². The van der Waals surface area contributed by atoms with Gasteiger partial charge in [0, 0.05) is 36.8 Å². The Morgan fingerprint density at radius 3 is 2.76 bits per heavy atom. The summed E-state index contributed by atoms with van der Waals surface area (Å²) in [6.07, 6.45) is 5.29. The zero-order chi connectivity index (χ0) is 31.3. The van der Waals surface area contributed by atoms with Gasteiger partial charge in [-0.15, -0.1) is 0 Å². The van der Waals surface area contributed by atoms with Crippen LogP contribution in [-0.2, 0) is 19.6 Å². The Balaban J connectivity index is 1.12. The monoisotopic (exact) mass is 625 g/mol. The molecule has 0 aliphatic carbocycles. The van der Waals surface area contributed by atoms with E-state index in [2.05, 4.69) is 30.9 Å². The zero-order valence-corrected chi connectivity index (χ0v) is 25.6. The van der Waals surface area contributed by atoms with Crippen molar-refractivity contribution >= 4 is 33.7 Å². The fraction of sp³-hybridized carbons (Fsp3) is 0.273. The highest BCUT2D eigenvalue weighted by molar-refractivity contribution is 7.97. The van der Waals surface area contributed by atoms with E-state index in [9.17, 15) is 14.3 Å². The number of nitriles is 1. The Kier molecular flexibility index (Phi) is 9.00. The Labute approximate surface area is 263 Å². The van der Waals surface area contributed by atoms with Gasteiger partial charge in [0.1, 0.15) is 17.7 Å². The van der Waals surface area contributed by atoms with Crippen LogP contribution in [0.2, 0.25) is 0 Å². The topological polar surface area (TPSA) is 122 Å². The molecule has 3 aromatic heterocycles. The molecule has 0 atom stereocenters. The number of aromatic carboxylic acids is 1. The molecule has 5 aromatic rings. The Morgan fingerprint density at radius 2 is 2.00 bits per heavy atom. The molecule has 0 unspecified atom stereocenters. The molecule has 2 aromatic carbocycles. The average molecular weight is 626 g/mol. The highest BCUT2D eigenvalue weighted by atomic mass is 32.1. The lowest BCUT2D eigenvalue weighted by molar-refractivity contribution is 0.0697. The Bertz CT molecular complexity index is 1920. The van der Waals surface area contributed by atoms with Gasteiger partial charge in [0.25, 0.3) is 0 Å². The van der Waals surface area contributed by atoms with Crippen LogP contribution in [0.15, 0.2) is 72.0 Å². The van der Waals surface area contributed by atoms with Crippen LogP contribution >= 0.6 is 11.4 Å². The number of aromatic nitrogens is 5. The van der Waals surface area contributed by atoms with E-state index >= 15 is 0 Å². The number of piperidine rings is 1. The number of rotatable bonds is 10. The van der Waals surface area contributed by atoms with Crippen LogP contribution in [0.4, 0.5) is 4.39 Å². The molecule has 1 saturated heterocycles. The maximum Gasteiger partial charge on any atom is 0.335 e. The summed E-state index contributed by atoms with van der Waals surface area (Å²) >= 11 is 0.640. The molecule has 230 valence electrons. The minimum Gasteiger partial charge on any atom is -0.478 e. The van der Waals surface area contributed by atoms with Crippen LogP contribution in [0.3, 0.4) is 0 Å². The van der Waals surface area contributed by atoms with E-state index in [0.717, 1.165) is 55.0 Å². The van der Waals surface area contributed by atoms with Crippen LogP contribution in [-0.4, -0.2) is 64.6 Å². The van der Waals surface area contributed by atoms with Crippen molar-refractivity contribution in [1.29, 1.82) is 5.26 Å². The summed E-state index contributed by atoms with van der Waals surface area (Å²) in [7, 11) is 0. The van der Waals surface area contributed by atoms with Crippen molar-refractivity contribution in [2.75, 3.05) is 13.1 Å². The number of nitrogens with zero attached hydrogens (tertiary/aromatic N) is 7. The predicted octanol–water partition coefficient (Wildman–Crippen LogP) is 5.12. The van der Waals surface area contributed by atoms with E-state index in [0.29, 0.717) is 46.5 Å². The third-order valence-electron chi connectivity index (χ3n) is 7.88. The van der Waals surface area contributed by atoms with Gasteiger partial charge in [0.05, 0.1) is 59.0 Å². The summed E-state index contributed by atoms with van der Waals surface area (Å²) in [5.41, 5.74) is 3.78. The number of hydrogen-bond acceptors (Lipinski definition) is 7. The van der Waals surface area contributed by atoms with Crippen molar-refractivity contribution in [3.05, 3.63) is 101 Å². The number of thiol groups is 1. The summed E-state index contributed by atoms with van der Waals surface area (Å²) in [5.74, 6) is 0.0173. The van der Waals surface area contributed by atoms with Gasteiger partial charge < -0.3 is 19.0 Å². The fourth-order valence-corrected chi connectivity index (χ4v) is 6.23. The van der Waals surface area contributed by atoms with Crippen molar-refractivity contribution in [3.63, 3.8) is 0 Å². The quantitative estimate of drug-likeness (QED) is 0.162. The van der Waals surface area contributed by atoms with Crippen molar-refractivity contribution in [3.8, 4) is 11.9 Å². The van der Waals surface area contributed by atoms with Gasteiger partial charge in [-0.3, -0.25) is 4.90 Å². The van der Waals surface area contributed by atoms with Gasteiger partial charge in [-0.05, 0) is 67.6 Å². The van der Waals surface area contributed by atoms with E-state index in [1.807, 2.05) is 35.8 Å². The van der Waals surface area contributed by atoms with E-state index in [1.54, 1.807) is 36.7 Å². The number of carboxylic acids is 1. The minimum atomic E-state index is -0.968. The lowest BCUT2D eigenvalue weighted by Crippen LogP contribution is -2.38. The number of benzene rings is 2. The molecule has 1 fully saturated rings. The summed E-state index contributed by atoms with van der Waals surface area (Å²) in [6, 6.07) is 17.0. The van der Waals surface area contributed by atoms with Crippen LogP contribution in [0, 0.1) is 17.1 Å². The number of imidazole rings is 2. The second kappa shape index (κ2) is 13.4. The van der Waals surface area contributed by atoms with E-state index in [4.69, 9.17) is 15.0 Å². The molecule has 0 bridgehead atoms. The van der Waals surface area contributed by atoms with Crippen LogP contribution in [0.5, 0.6) is 5.88 Å². The van der Waals surface area contributed by atoms with Gasteiger partial charge in [-0.25, -0.2) is 24.1 Å². The summed E-state index contributed by atoms with van der Waals surface area (Å²) in [6.45, 7) is 5.63. The first kappa shape index (κ1) is 30.2. The van der Waals surface area contributed by atoms with Crippen molar-refractivity contribution in [2.45, 2.75) is 50.4 Å². The highest BCUT2D eigenvalue weighted by Crippen LogP contribution is 2.24. The van der Waals surface area contributed by atoms with Gasteiger partial charge in [0.15, 0.2) is 0 Å². The predicted molar refractivity (Wildman–Crippen MR) is 170 cm³/mol. The molecule has 0 saturated carbocycles. The lowest BCUT2D eigenvalue weighted by Gasteiger charge is -2.31. The standard InChI is InChI=1S/C33H32FN7O3S/c1-2-40-21-36-17-25(40)18-41-29-15-23(33(42)43)7-8-28(29)38-31(41)19-39-12-10-26(11-13-39)44-32-5-3-4-24(37-32)20-45-30-9-6-22(16-35)14-27(30)34/h3-9,14-15,17,20-21,26,45H,2,10-13,18-19H2,1H3,(H,42,43). The summed E-state index contributed by atoms with van der Waals surface area (Å²) < 4.78 is 24.7. The van der Waals surface area contributed by atoms with Crippen molar-refractivity contribution in [1.82, 2.24) is 29.0 Å². The highest BCUT2D eigenvalue weighted by Gasteiger charge is 2.24. The van der Waals surface area contributed by atoms with E-state index in [1.165, 1.54) is 6.07 Å². The van der Waals surface area contributed by atoms with Crippen LogP contribution in [0.1, 0.15) is 52.9 Å². The molecule has 0 amide bonds. The number of aryl methyl sites for hydroxylation is 1. The number of carboxylic acid groups (broad SMARTS) is 1. The number of hydrogen-bond donors (Lipinski definition) is 2. The second-order valence-corrected chi connectivity index (χ2v) is 11.8. The minimum absolute atomic E-state index is 0.00775. The van der Waals surface area contributed by atoms with Crippen LogP contribution < -0.4 is 4.74 Å². The number of ether oxygens (including phenoxy) is 1. The van der Waals surface area contributed by atoms with Gasteiger partial charge in [0.2, 0.25) is 5.88 Å². The van der Waals surface area contributed by atoms with Gasteiger partial charge in [-0.1, -0.05) is 6.07 Å². The molecule has 0 radical (unpaired) electrons. The number of fused-ring (bicyclic) bond motifs is 1. The number of likely N-dealkylation sites (tertiary alicyclic amines) is 1. The molecule has 6 rings (SSSR count). The maximum absolute atomic E-state index is 14.3. The average Bonchev–Trinajstić information content (AvgIpc) is 3.65. The second-order valence-electron chi connectivity index (χ2n) is 10.8. The first-order chi connectivity index (χ1) is 21.9. The third-order valence-corrected chi connectivity index (χ3v) is 8.91.